The molecule has 10 heteroatoms. The van der Waals surface area contributed by atoms with Gasteiger partial charge >= 0.3 is 0 Å². The van der Waals surface area contributed by atoms with Crippen molar-refractivity contribution >= 4 is 11.8 Å². The lowest BCUT2D eigenvalue weighted by molar-refractivity contribution is -0.0850. The minimum Gasteiger partial charge on any atom is -0.480 e. The second-order valence-electron chi connectivity index (χ2n) is 6.54. The van der Waals surface area contributed by atoms with Crippen molar-refractivity contribution in [1.82, 2.24) is 25.4 Å². The van der Waals surface area contributed by atoms with Gasteiger partial charge in [-0.3, -0.25) is 9.59 Å². The van der Waals surface area contributed by atoms with Gasteiger partial charge in [0.05, 0.1) is 20.3 Å². The van der Waals surface area contributed by atoms with Gasteiger partial charge in [0.25, 0.3) is 11.8 Å². The topological polar surface area (TPSA) is 107 Å². The van der Waals surface area contributed by atoms with Crippen LogP contribution in [0.25, 0.3) is 0 Å². The fourth-order valence-corrected chi connectivity index (χ4v) is 2.84. The zero-order valence-corrected chi connectivity index (χ0v) is 15.5. The van der Waals surface area contributed by atoms with Crippen LogP contribution in [0.4, 0.5) is 4.39 Å². The first-order valence-corrected chi connectivity index (χ1v) is 8.61. The van der Waals surface area contributed by atoms with Gasteiger partial charge in [0.2, 0.25) is 11.8 Å². The van der Waals surface area contributed by atoms with E-state index in [2.05, 4.69) is 20.5 Å². The van der Waals surface area contributed by atoms with Crippen molar-refractivity contribution in [1.29, 1.82) is 0 Å². The maximum Gasteiger partial charge on any atom is 0.271 e. The molecule has 0 radical (unpaired) electrons. The molecule has 2 aromatic heterocycles. The molecule has 0 saturated carbocycles. The first kappa shape index (κ1) is 19.6. The number of carbonyl (C=O) groups excluding carboxylic acids is 2. The Morgan fingerprint density at radius 2 is 2.18 bits per heavy atom. The summed E-state index contributed by atoms with van der Waals surface area (Å²) in [5, 5.41) is 10.3. The van der Waals surface area contributed by atoms with E-state index in [0.717, 1.165) is 6.07 Å². The fraction of sp³-hybridized carbons (Fsp3) is 0.389. The molecule has 148 valence electrons. The van der Waals surface area contributed by atoms with E-state index >= 15 is 0 Å². The molecule has 3 rings (SSSR count). The SMILES string of the molecule is COc1ccc(C(=O)NCC2(C)CN(C(=O)c3ccnc(F)c3)CCO2)nn1. The van der Waals surface area contributed by atoms with Crippen LogP contribution >= 0.6 is 0 Å². The summed E-state index contributed by atoms with van der Waals surface area (Å²) in [6, 6.07) is 5.59. The van der Waals surface area contributed by atoms with Gasteiger partial charge in [0.1, 0.15) is 5.60 Å². The van der Waals surface area contributed by atoms with E-state index < -0.39 is 17.5 Å². The monoisotopic (exact) mass is 389 g/mol. The van der Waals surface area contributed by atoms with Crippen molar-refractivity contribution in [3.05, 3.63) is 47.7 Å². The highest BCUT2D eigenvalue weighted by molar-refractivity contribution is 5.94. The molecule has 0 bridgehead atoms. The molecular weight excluding hydrogens is 369 g/mol. The molecule has 1 atom stereocenters. The van der Waals surface area contributed by atoms with E-state index in [1.54, 1.807) is 11.8 Å². The molecule has 0 aromatic carbocycles. The third-order valence-corrected chi connectivity index (χ3v) is 4.30. The van der Waals surface area contributed by atoms with Crippen LogP contribution in [0, 0.1) is 5.95 Å². The zero-order valence-electron chi connectivity index (χ0n) is 15.5. The van der Waals surface area contributed by atoms with Crippen LogP contribution < -0.4 is 10.1 Å². The number of methoxy groups -OCH3 is 1. The van der Waals surface area contributed by atoms with Crippen molar-refractivity contribution in [2.45, 2.75) is 12.5 Å². The average molecular weight is 389 g/mol. The number of amides is 2. The number of pyridine rings is 1. The Morgan fingerprint density at radius 3 is 2.86 bits per heavy atom. The van der Waals surface area contributed by atoms with E-state index in [1.807, 2.05) is 0 Å². The molecule has 1 aliphatic heterocycles. The maximum absolute atomic E-state index is 13.3. The fourth-order valence-electron chi connectivity index (χ4n) is 2.84. The van der Waals surface area contributed by atoms with Crippen LogP contribution in [-0.4, -0.2) is 70.8 Å². The number of morpholine rings is 1. The first-order valence-electron chi connectivity index (χ1n) is 8.61. The number of carbonyl (C=O) groups is 2. The van der Waals surface area contributed by atoms with Crippen LogP contribution in [-0.2, 0) is 4.74 Å². The highest BCUT2D eigenvalue weighted by Crippen LogP contribution is 2.19. The number of aromatic nitrogens is 3. The summed E-state index contributed by atoms with van der Waals surface area (Å²) in [5.41, 5.74) is -0.440. The summed E-state index contributed by atoms with van der Waals surface area (Å²) in [6.45, 7) is 2.86. The largest absolute Gasteiger partial charge is 0.480 e. The summed E-state index contributed by atoms with van der Waals surface area (Å²) in [5.74, 6) is -1.14. The van der Waals surface area contributed by atoms with Crippen molar-refractivity contribution < 1.29 is 23.5 Å². The van der Waals surface area contributed by atoms with Crippen LogP contribution in [0.1, 0.15) is 27.8 Å². The smallest absolute Gasteiger partial charge is 0.271 e. The number of nitrogens with one attached hydrogen (secondary N) is 1. The predicted octanol–water partition coefficient (Wildman–Crippen LogP) is 0.680. The summed E-state index contributed by atoms with van der Waals surface area (Å²) in [7, 11) is 1.46. The number of nitrogens with zero attached hydrogens (tertiary/aromatic N) is 4. The van der Waals surface area contributed by atoms with Crippen LogP contribution in [0.2, 0.25) is 0 Å². The van der Waals surface area contributed by atoms with E-state index in [-0.39, 0.29) is 30.3 Å². The van der Waals surface area contributed by atoms with Crippen molar-refractivity contribution in [3.8, 4) is 5.88 Å². The van der Waals surface area contributed by atoms with E-state index in [0.29, 0.717) is 19.0 Å². The number of hydrogen-bond donors (Lipinski definition) is 1. The van der Waals surface area contributed by atoms with Crippen molar-refractivity contribution in [2.75, 3.05) is 33.4 Å². The minimum absolute atomic E-state index is 0.139. The first-order chi connectivity index (χ1) is 13.4. The number of hydrogen-bond acceptors (Lipinski definition) is 7. The highest BCUT2D eigenvalue weighted by atomic mass is 19.1. The quantitative estimate of drug-likeness (QED) is 0.750. The molecule has 9 nitrogen and oxygen atoms in total. The summed E-state index contributed by atoms with van der Waals surface area (Å²) in [6.07, 6.45) is 1.25. The Balaban J connectivity index is 1.61. The molecule has 28 heavy (non-hydrogen) atoms. The Bertz CT molecular complexity index is 863. The highest BCUT2D eigenvalue weighted by Gasteiger charge is 2.35. The summed E-state index contributed by atoms with van der Waals surface area (Å²) in [4.78, 5) is 29.9. The molecule has 1 fully saturated rings. The second kappa shape index (κ2) is 8.26. The second-order valence-corrected chi connectivity index (χ2v) is 6.54. The molecule has 3 heterocycles. The van der Waals surface area contributed by atoms with Crippen LogP contribution in [0.5, 0.6) is 5.88 Å². The molecular formula is C18H20FN5O4. The molecule has 1 N–H and O–H groups in total. The molecule has 2 aromatic rings. The molecule has 1 aliphatic rings. The van der Waals surface area contributed by atoms with Crippen molar-refractivity contribution in [2.24, 2.45) is 0 Å². The van der Waals surface area contributed by atoms with Gasteiger partial charge in [-0.1, -0.05) is 0 Å². The van der Waals surface area contributed by atoms with Gasteiger partial charge in [-0.15, -0.1) is 10.2 Å². The summed E-state index contributed by atoms with van der Waals surface area (Å²) < 4.78 is 24.0. The third-order valence-electron chi connectivity index (χ3n) is 4.30. The van der Waals surface area contributed by atoms with Gasteiger partial charge in [0, 0.05) is 37.0 Å². The van der Waals surface area contributed by atoms with E-state index in [9.17, 15) is 14.0 Å². The standard InChI is InChI=1S/C18H20FN5O4/c1-18(10-21-16(25)13-3-4-15(27-2)23-22-13)11-24(7-8-28-18)17(26)12-5-6-20-14(19)9-12/h3-6,9H,7-8,10-11H2,1-2H3,(H,21,25). The average Bonchev–Trinajstić information content (AvgIpc) is 2.71. The molecule has 1 saturated heterocycles. The number of ether oxygens (including phenoxy) is 2. The normalized spacial score (nSPS) is 19.2. The van der Waals surface area contributed by atoms with Crippen LogP contribution in [0.3, 0.4) is 0 Å². The van der Waals surface area contributed by atoms with Crippen LogP contribution in [0.15, 0.2) is 30.5 Å². The van der Waals surface area contributed by atoms with E-state index in [4.69, 9.17) is 9.47 Å². The molecule has 0 aliphatic carbocycles. The molecule has 1 unspecified atom stereocenters. The lowest BCUT2D eigenvalue weighted by Gasteiger charge is -2.40. The number of halogens is 1. The molecule has 2 amide bonds. The summed E-state index contributed by atoms with van der Waals surface area (Å²) >= 11 is 0. The molecule has 0 spiro atoms. The Labute approximate surface area is 160 Å². The van der Waals surface area contributed by atoms with Gasteiger partial charge in [-0.05, 0) is 19.1 Å². The van der Waals surface area contributed by atoms with Crippen molar-refractivity contribution in [3.63, 3.8) is 0 Å². The predicted molar refractivity (Wildman–Crippen MR) is 95.4 cm³/mol. The Kier molecular flexibility index (Phi) is 5.78. The van der Waals surface area contributed by atoms with E-state index in [1.165, 1.54) is 31.5 Å². The lowest BCUT2D eigenvalue weighted by Crippen LogP contribution is -2.57. The van der Waals surface area contributed by atoms with Gasteiger partial charge < -0.3 is 19.7 Å². The van der Waals surface area contributed by atoms with Gasteiger partial charge in [-0.2, -0.15) is 4.39 Å². The lowest BCUT2D eigenvalue weighted by atomic mass is 10.0. The third kappa shape index (κ3) is 4.58. The minimum atomic E-state index is -0.797. The zero-order chi connectivity index (χ0) is 20.1. The van der Waals surface area contributed by atoms with Gasteiger partial charge in [-0.25, -0.2) is 4.98 Å². The van der Waals surface area contributed by atoms with Gasteiger partial charge in [0.15, 0.2) is 5.69 Å². The Morgan fingerprint density at radius 1 is 1.36 bits per heavy atom. The Hall–Kier alpha value is -3.14. The number of rotatable bonds is 5. The maximum atomic E-state index is 13.3.